The van der Waals surface area contributed by atoms with Gasteiger partial charge >= 0.3 is 0 Å². The minimum atomic E-state index is 0.123. The first-order chi connectivity index (χ1) is 10.7. The summed E-state index contributed by atoms with van der Waals surface area (Å²) < 4.78 is 17.5. The van der Waals surface area contributed by atoms with E-state index in [0.717, 1.165) is 24.6 Å². The molecule has 4 heteroatoms. The van der Waals surface area contributed by atoms with Crippen LogP contribution in [0.15, 0.2) is 53.1 Å². The highest BCUT2D eigenvalue weighted by molar-refractivity contribution is 5.20. The Bertz CT molecular complexity index is 553. The fourth-order valence-corrected chi connectivity index (χ4v) is 3.00. The molecule has 2 aromatic rings. The number of furan rings is 1. The largest absolute Gasteiger partial charge is 0.491 e. The second-order valence-corrected chi connectivity index (χ2v) is 6.17. The minimum absolute atomic E-state index is 0.123. The Balaban J connectivity index is 1.58. The zero-order chi connectivity index (χ0) is 15.4. The lowest BCUT2D eigenvalue weighted by atomic mass is 10.2. The first-order valence-corrected chi connectivity index (χ1v) is 7.92. The molecule has 0 saturated carbocycles. The maximum Gasteiger partial charge on any atom is 0.195 e. The van der Waals surface area contributed by atoms with Crippen molar-refractivity contribution in [2.24, 2.45) is 5.92 Å². The van der Waals surface area contributed by atoms with Gasteiger partial charge in [-0.3, -0.25) is 0 Å². The third kappa shape index (κ3) is 3.70. The Kier molecular flexibility index (Phi) is 4.80. The summed E-state index contributed by atoms with van der Waals surface area (Å²) in [7, 11) is 0. The van der Waals surface area contributed by atoms with Crippen molar-refractivity contribution in [3.05, 3.63) is 54.5 Å². The van der Waals surface area contributed by atoms with E-state index in [9.17, 15) is 0 Å². The molecule has 1 aromatic carbocycles. The number of quaternary nitrogens is 1. The highest BCUT2D eigenvalue weighted by Crippen LogP contribution is 2.13. The summed E-state index contributed by atoms with van der Waals surface area (Å²) in [5.74, 6) is 2.37. The SMILES string of the molecule is CC(C)C1OC(COc2ccccc2)C[NH+]1Cc1ccco1. The zero-order valence-electron chi connectivity index (χ0n) is 13.2. The Morgan fingerprint density at radius 1 is 1.18 bits per heavy atom. The molecule has 1 saturated heterocycles. The van der Waals surface area contributed by atoms with Crippen molar-refractivity contribution in [3.8, 4) is 5.75 Å². The number of hydrogen-bond donors (Lipinski definition) is 1. The van der Waals surface area contributed by atoms with Crippen molar-refractivity contribution >= 4 is 0 Å². The Morgan fingerprint density at radius 3 is 2.68 bits per heavy atom. The minimum Gasteiger partial charge on any atom is -0.491 e. The number of hydrogen-bond acceptors (Lipinski definition) is 3. The highest BCUT2D eigenvalue weighted by atomic mass is 16.6. The van der Waals surface area contributed by atoms with Gasteiger partial charge in [0.2, 0.25) is 0 Å². The molecule has 1 aliphatic rings. The highest BCUT2D eigenvalue weighted by Gasteiger charge is 2.39. The number of rotatable bonds is 6. The fourth-order valence-electron chi connectivity index (χ4n) is 3.00. The second-order valence-electron chi connectivity index (χ2n) is 6.17. The van der Waals surface area contributed by atoms with Gasteiger partial charge in [0.1, 0.15) is 31.5 Å². The molecular weight excluding hydrogens is 278 g/mol. The lowest BCUT2D eigenvalue weighted by Crippen LogP contribution is -3.13. The van der Waals surface area contributed by atoms with Crippen LogP contribution in [-0.4, -0.2) is 25.5 Å². The van der Waals surface area contributed by atoms with Gasteiger partial charge in [-0.2, -0.15) is 0 Å². The third-order valence-electron chi connectivity index (χ3n) is 4.00. The molecule has 0 aliphatic carbocycles. The molecule has 22 heavy (non-hydrogen) atoms. The lowest BCUT2D eigenvalue weighted by Gasteiger charge is -2.21. The summed E-state index contributed by atoms with van der Waals surface area (Å²) in [5.41, 5.74) is 0. The quantitative estimate of drug-likeness (QED) is 0.888. The summed E-state index contributed by atoms with van der Waals surface area (Å²) >= 11 is 0. The molecule has 2 heterocycles. The van der Waals surface area contributed by atoms with Gasteiger partial charge in [-0.25, -0.2) is 0 Å². The van der Waals surface area contributed by atoms with E-state index in [2.05, 4.69) is 13.8 Å². The van der Waals surface area contributed by atoms with Crippen LogP contribution in [0.1, 0.15) is 19.6 Å². The van der Waals surface area contributed by atoms with Gasteiger partial charge in [-0.05, 0) is 24.3 Å². The molecular formula is C18H24NO3+. The van der Waals surface area contributed by atoms with Crippen molar-refractivity contribution < 1.29 is 18.8 Å². The summed E-state index contributed by atoms with van der Waals surface area (Å²) in [4.78, 5) is 1.41. The van der Waals surface area contributed by atoms with E-state index in [0.29, 0.717) is 12.5 Å². The molecule has 1 N–H and O–H groups in total. The van der Waals surface area contributed by atoms with Crippen molar-refractivity contribution in [1.82, 2.24) is 0 Å². The molecule has 3 atom stereocenters. The number of nitrogens with one attached hydrogen (secondary N) is 1. The summed E-state index contributed by atoms with van der Waals surface area (Å²) in [6.07, 6.45) is 2.04. The monoisotopic (exact) mass is 302 g/mol. The predicted octanol–water partition coefficient (Wildman–Crippen LogP) is 2.12. The van der Waals surface area contributed by atoms with Gasteiger partial charge < -0.3 is 18.8 Å². The van der Waals surface area contributed by atoms with Crippen LogP contribution >= 0.6 is 0 Å². The van der Waals surface area contributed by atoms with Crippen LogP contribution in [0.2, 0.25) is 0 Å². The van der Waals surface area contributed by atoms with Crippen molar-refractivity contribution in [3.63, 3.8) is 0 Å². The van der Waals surface area contributed by atoms with Crippen LogP contribution in [0.4, 0.5) is 0 Å². The van der Waals surface area contributed by atoms with E-state index >= 15 is 0 Å². The van der Waals surface area contributed by atoms with Gasteiger partial charge in [-0.1, -0.05) is 32.0 Å². The van der Waals surface area contributed by atoms with Crippen LogP contribution < -0.4 is 9.64 Å². The molecule has 1 aromatic heterocycles. The van der Waals surface area contributed by atoms with Gasteiger partial charge in [0, 0.05) is 5.92 Å². The van der Waals surface area contributed by atoms with Crippen LogP contribution in [0.25, 0.3) is 0 Å². The lowest BCUT2D eigenvalue weighted by molar-refractivity contribution is -0.942. The van der Waals surface area contributed by atoms with Gasteiger partial charge in [0.25, 0.3) is 0 Å². The average Bonchev–Trinajstić information content (AvgIpc) is 3.16. The Labute approximate surface area is 131 Å². The molecule has 3 rings (SSSR count). The van der Waals surface area contributed by atoms with E-state index in [-0.39, 0.29) is 12.3 Å². The molecule has 118 valence electrons. The van der Waals surface area contributed by atoms with E-state index in [1.165, 1.54) is 4.90 Å². The molecule has 3 unspecified atom stereocenters. The van der Waals surface area contributed by atoms with Crippen molar-refractivity contribution in [1.29, 1.82) is 0 Å². The standard InChI is InChI=1S/C18H23NO3/c1-14(2)18-19(11-16-9-6-10-20-16)12-17(22-18)13-21-15-7-4-3-5-8-15/h3-10,14,17-18H,11-13H2,1-2H3/p+1. The molecule has 0 bridgehead atoms. The molecule has 1 aliphatic heterocycles. The summed E-state index contributed by atoms with van der Waals surface area (Å²) in [5, 5.41) is 0. The van der Waals surface area contributed by atoms with Crippen LogP contribution in [0.5, 0.6) is 5.75 Å². The normalized spacial score (nSPS) is 24.8. The topological polar surface area (TPSA) is 36.0 Å². The first-order valence-electron chi connectivity index (χ1n) is 7.92. The van der Waals surface area contributed by atoms with Gasteiger partial charge in [0.15, 0.2) is 12.0 Å². The van der Waals surface area contributed by atoms with E-state index in [1.807, 2.05) is 42.5 Å². The van der Waals surface area contributed by atoms with Crippen LogP contribution in [-0.2, 0) is 11.3 Å². The van der Waals surface area contributed by atoms with E-state index < -0.39 is 0 Å². The van der Waals surface area contributed by atoms with Crippen LogP contribution in [0.3, 0.4) is 0 Å². The van der Waals surface area contributed by atoms with Crippen LogP contribution in [0, 0.1) is 5.92 Å². The maximum atomic E-state index is 6.20. The van der Waals surface area contributed by atoms with Crippen molar-refractivity contribution in [2.75, 3.05) is 13.2 Å². The summed E-state index contributed by atoms with van der Waals surface area (Å²) in [6, 6.07) is 13.9. The predicted molar refractivity (Wildman–Crippen MR) is 83.7 cm³/mol. The van der Waals surface area contributed by atoms with E-state index in [1.54, 1.807) is 6.26 Å². The third-order valence-corrected chi connectivity index (χ3v) is 4.00. The van der Waals surface area contributed by atoms with Gasteiger partial charge in [-0.15, -0.1) is 0 Å². The fraction of sp³-hybridized carbons (Fsp3) is 0.444. The molecule has 0 radical (unpaired) electrons. The molecule has 0 spiro atoms. The smallest absolute Gasteiger partial charge is 0.195 e. The molecule has 4 nitrogen and oxygen atoms in total. The number of para-hydroxylation sites is 1. The maximum absolute atomic E-state index is 6.20. The first kappa shape index (κ1) is 15.1. The zero-order valence-corrected chi connectivity index (χ0v) is 13.2. The summed E-state index contributed by atoms with van der Waals surface area (Å²) in [6.45, 7) is 6.80. The molecule has 0 amide bonds. The second kappa shape index (κ2) is 6.99. The Hall–Kier alpha value is -1.78. The Morgan fingerprint density at radius 2 is 2.00 bits per heavy atom. The molecule has 1 fully saturated rings. The van der Waals surface area contributed by atoms with E-state index in [4.69, 9.17) is 13.9 Å². The average molecular weight is 302 g/mol. The number of benzene rings is 1. The number of ether oxygens (including phenoxy) is 2. The van der Waals surface area contributed by atoms with Crippen molar-refractivity contribution in [2.45, 2.75) is 32.7 Å². The van der Waals surface area contributed by atoms with Gasteiger partial charge in [0.05, 0.1) is 6.26 Å².